The quantitative estimate of drug-likeness (QED) is 0.413. The van der Waals surface area contributed by atoms with Crippen LogP contribution in [-0.2, 0) is 14.3 Å². The van der Waals surface area contributed by atoms with E-state index in [1.807, 2.05) is 54.7 Å². The van der Waals surface area contributed by atoms with Crippen LogP contribution in [0.15, 0.2) is 71.7 Å². The van der Waals surface area contributed by atoms with Gasteiger partial charge in [0.1, 0.15) is 18.3 Å². The number of benzene rings is 1. The van der Waals surface area contributed by atoms with E-state index in [-0.39, 0.29) is 24.6 Å². The van der Waals surface area contributed by atoms with Crippen LogP contribution in [0.3, 0.4) is 0 Å². The van der Waals surface area contributed by atoms with E-state index in [0.29, 0.717) is 18.7 Å². The number of hydrogen-bond acceptors (Lipinski definition) is 6. The molecule has 172 valence electrons. The first kappa shape index (κ1) is 21.6. The molecule has 5 rings (SSSR count). The minimum atomic E-state index is -0.774. The molecule has 0 aliphatic carbocycles. The first-order valence-corrected chi connectivity index (χ1v) is 11.1. The van der Waals surface area contributed by atoms with Crippen molar-refractivity contribution in [2.75, 3.05) is 19.7 Å². The average Bonchev–Trinajstić information content (AvgIpc) is 3.41. The van der Waals surface area contributed by atoms with Crippen LogP contribution in [0.5, 0.6) is 0 Å². The Hall–Kier alpha value is -4.27. The van der Waals surface area contributed by atoms with Gasteiger partial charge in [0.15, 0.2) is 0 Å². The van der Waals surface area contributed by atoms with Gasteiger partial charge in [-0.3, -0.25) is 14.4 Å². The molecule has 1 saturated heterocycles. The molecule has 9 heteroatoms. The van der Waals surface area contributed by atoms with Gasteiger partial charge in [-0.25, -0.2) is 9.20 Å². The number of hydrogen-bond donors (Lipinski definition) is 0. The topological polar surface area (TPSA) is 98.8 Å². The van der Waals surface area contributed by atoms with Gasteiger partial charge in [0, 0.05) is 24.4 Å². The Bertz CT molecular complexity index is 1430. The van der Waals surface area contributed by atoms with Gasteiger partial charge >= 0.3 is 5.97 Å². The van der Waals surface area contributed by atoms with Crippen molar-refractivity contribution < 1.29 is 14.3 Å². The molecule has 1 unspecified atom stereocenters. The Morgan fingerprint density at radius 1 is 1.03 bits per heavy atom. The fourth-order valence-corrected chi connectivity index (χ4v) is 4.30. The molecule has 1 atom stereocenters. The molecule has 4 heterocycles. The van der Waals surface area contributed by atoms with Crippen molar-refractivity contribution in [2.45, 2.75) is 19.4 Å². The third-order valence-corrected chi connectivity index (χ3v) is 5.86. The molecule has 0 spiro atoms. The summed E-state index contributed by atoms with van der Waals surface area (Å²) in [5.41, 5.74) is 3.41. The normalized spacial score (nSPS) is 15.7. The van der Waals surface area contributed by atoms with E-state index < -0.39 is 12.0 Å². The lowest BCUT2D eigenvalue weighted by Gasteiger charge is -2.16. The number of esters is 1. The maximum Gasteiger partial charge on any atom is 0.325 e. The molecule has 1 amide bonds. The summed E-state index contributed by atoms with van der Waals surface area (Å²) in [7, 11) is 0. The summed E-state index contributed by atoms with van der Waals surface area (Å²) in [6.07, 6.45) is 2.24. The van der Waals surface area contributed by atoms with Crippen LogP contribution in [0, 0.1) is 0 Å². The summed E-state index contributed by atoms with van der Waals surface area (Å²) in [5.74, 6) is -0.785. The number of likely N-dealkylation sites (tertiary alicyclic amines) is 1. The highest BCUT2D eigenvalue weighted by Gasteiger charge is 2.36. The number of carbonyl (C=O) groups excluding carboxylic acids is 2. The Balaban J connectivity index is 1.57. The highest BCUT2D eigenvalue weighted by atomic mass is 16.5. The summed E-state index contributed by atoms with van der Waals surface area (Å²) in [6, 6.07) is 17.8. The summed E-state index contributed by atoms with van der Waals surface area (Å²) in [4.78, 5) is 39.0. The number of ether oxygens (including phenoxy) is 1. The van der Waals surface area contributed by atoms with Crippen molar-refractivity contribution >= 4 is 17.4 Å². The van der Waals surface area contributed by atoms with E-state index in [9.17, 15) is 14.4 Å². The van der Waals surface area contributed by atoms with Gasteiger partial charge in [-0.05, 0) is 31.5 Å². The van der Waals surface area contributed by atoms with Crippen molar-refractivity contribution in [1.82, 2.24) is 24.3 Å². The average molecular weight is 457 g/mol. The van der Waals surface area contributed by atoms with E-state index in [1.54, 1.807) is 17.5 Å². The molecule has 3 aromatic heterocycles. The smallest absolute Gasteiger partial charge is 0.325 e. The second kappa shape index (κ2) is 8.93. The number of rotatable bonds is 6. The first-order chi connectivity index (χ1) is 16.6. The third kappa shape index (κ3) is 3.85. The van der Waals surface area contributed by atoms with Gasteiger partial charge in [0.25, 0.3) is 5.56 Å². The lowest BCUT2D eigenvalue weighted by atomic mass is 10.0. The van der Waals surface area contributed by atoms with Gasteiger partial charge in [0.05, 0.1) is 23.4 Å². The fourth-order valence-electron chi connectivity index (χ4n) is 4.30. The Morgan fingerprint density at radius 3 is 2.62 bits per heavy atom. The summed E-state index contributed by atoms with van der Waals surface area (Å²) >= 11 is 0. The number of amides is 1. The molecule has 1 aliphatic rings. The number of pyridine rings is 1. The minimum Gasteiger partial charge on any atom is -0.465 e. The minimum absolute atomic E-state index is 0.135. The molecular formula is C25H23N5O4. The van der Waals surface area contributed by atoms with Gasteiger partial charge < -0.3 is 9.64 Å². The summed E-state index contributed by atoms with van der Waals surface area (Å²) in [6.45, 7) is 2.18. The molecule has 1 aromatic carbocycles. The molecule has 1 fully saturated rings. The maximum atomic E-state index is 13.0. The van der Waals surface area contributed by atoms with Gasteiger partial charge in [-0.2, -0.15) is 10.2 Å². The number of aromatic nitrogens is 4. The van der Waals surface area contributed by atoms with Crippen LogP contribution in [0.25, 0.3) is 28.0 Å². The zero-order valence-corrected chi connectivity index (χ0v) is 18.6. The SMILES string of the molecule is CCOC(=O)CN1CCC(n2nc(-c3c(-c4ccccc4)nn4ccccc34)ccc2=O)C1=O. The Labute approximate surface area is 195 Å². The molecule has 0 saturated carbocycles. The van der Waals surface area contributed by atoms with Gasteiger partial charge in [-0.1, -0.05) is 36.4 Å². The third-order valence-electron chi connectivity index (χ3n) is 5.86. The molecule has 9 nitrogen and oxygen atoms in total. The van der Waals surface area contributed by atoms with E-state index in [0.717, 1.165) is 22.3 Å². The van der Waals surface area contributed by atoms with Gasteiger partial charge in [0.2, 0.25) is 5.91 Å². The van der Waals surface area contributed by atoms with Crippen LogP contribution in [0.4, 0.5) is 0 Å². The van der Waals surface area contributed by atoms with E-state index in [2.05, 4.69) is 5.10 Å². The molecule has 0 N–H and O–H groups in total. The fraction of sp³-hybridized carbons (Fsp3) is 0.240. The molecule has 4 aromatic rings. The molecular weight excluding hydrogens is 434 g/mol. The largest absolute Gasteiger partial charge is 0.465 e. The van der Waals surface area contributed by atoms with E-state index >= 15 is 0 Å². The molecule has 34 heavy (non-hydrogen) atoms. The highest BCUT2D eigenvalue weighted by molar-refractivity contribution is 5.91. The van der Waals surface area contributed by atoms with Crippen LogP contribution in [0.1, 0.15) is 19.4 Å². The first-order valence-electron chi connectivity index (χ1n) is 11.1. The van der Waals surface area contributed by atoms with Crippen molar-refractivity contribution in [3.8, 4) is 22.5 Å². The van der Waals surface area contributed by atoms with E-state index in [4.69, 9.17) is 9.84 Å². The van der Waals surface area contributed by atoms with Gasteiger partial charge in [-0.15, -0.1) is 0 Å². The van der Waals surface area contributed by atoms with Crippen LogP contribution in [-0.4, -0.2) is 55.9 Å². The summed E-state index contributed by atoms with van der Waals surface area (Å²) < 4.78 is 7.96. The van der Waals surface area contributed by atoms with Crippen LogP contribution in [0.2, 0.25) is 0 Å². The molecule has 1 aliphatic heterocycles. The Morgan fingerprint density at radius 2 is 1.82 bits per heavy atom. The second-order valence-corrected chi connectivity index (χ2v) is 7.99. The zero-order chi connectivity index (χ0) is 23.7. The number of fused-ring (bicyclic) bond motifs is 1. The molecule has 0 bridgehead atoms. The van der Waals surface area contributed by atoms with Crippen molar-refractivity contribution in [1.29, 1.82) is 0 Å². The number of nitrogens with zero attached hydrogens (tertiary/aromatic N) is 5. The van der Waals surface area contributed by atoms with Crippen molar-refractivity contribution in [3.05, 3.63) is 77.2 Å². The molecule has 0 radical (unpaired) electrons. The zero-order valence-electron chi connectivity index (χ0n) is 18.6. The monoisotopic (exact) mass is 457 g/mol. The second-order valence-electron chi connectivity index (χ2n) is 7.99. The van der Waals surface area contributed by atoms with E-state index in [1.165, 1.54) is 15.6 Å². The van der Waals surface area contributed by atoms with Crippen molar-refractivity contribution in [2.24, 2.45) is 0 Å². The predicted octanol–water partition coefficient (Wildman–Crippen LogP) is 2.56. The lowest BCUT2D eigenvalue weighted by Crippen LogP contribution is -2.37. The predicted molar refractivity (Wildman–Crippen MR) is 125 cm³/mol. The van der Waals surface area contributed by atoms with Crippen molar-refractivity contribution in [3.63, 3.8) is 0 Å². The lowest BCUT2D eigenvalue weighted by molar-refractivity contribution is -0.148. The standard InChI is InChI=1S/C25H23N5O4/c1-2-34-22(32)16-28-15-13-20(25(28)33)30-21(31)12-11-18(26-30)23-19-10-6-7-14-29(19)27-24(23)17-8-4-3-5-9-17/h3-12,14,20H,2,13,15-16H2,1H3. The van der Waals surface area contributed by atoms with Crippen LogP contribution < -0.4 is 5.56 Å². The summed E-state index contributed by atoms with van der Waals surface area (Å²) in [5, 5.41) is 9.37. The highest BCUT2D eigenvalue weighted by Crippen LogP contribution is 2.34. The maximum absolute atomic E-state index is 13.0. The number of carbonyl (C=O) groups is 2. The van der Waals surface area contributed by atoms with Crippen LogP contribution >= 0.6 is 0 Å². The Kier molecular flexibility index (Phi) is 5.67.